The molecule has 7 nitrogen and oxygen atoms in total. The molecule has 2 aromatic carbocycles. The number of benzene rings is 2. The second kappa shape index (κ2) is 12.6. The molecule has 3 aromatic rings. The van der Waals surface area contributed by atoms with Gasteiger partial charge in [0.1, 0.15) is 5.75 Å². The Kier molecular flexibility index (Phi) is 9.89. The third kappa shape index (κ3) is 7.63. The standard InChI is InChI=1S/C23H26N4O3.HI/c1-3-24-23(26-16-18-8-12-20(29-2)13-9-18)25-15-17-6-10-19(11-7-17)27-22(28)21-5-4-14-30-21;/h4-14H,3,15-16H2,1-2H3,(H,27,28)(H2,24,25,26);1H. The monoisotopic (exact) mass is 534 g/mol. The maximum atomic E-state index is 12.0. The lowest BCUT2D eigenvalue weighted by molar-refractivity contribution is 0.0996. The van der Waals surface area contributed by atoms with Crippen molar-refractivity contribution in [2.45, 2.75) is 20.0 Å². The van der Waals surface area contributed by atoms with Crippen LogP contribution in [0.2, 0.25) is 0 Å². The lowest BCUT2D eigenvalue weighted by Crippen LogP contribution is -2.36. The molecular weight excluding hydrogens is 507 g/mol. The highest BCUT2D eigenvalue weighted by Gasteiger charge is 2.08. The molecule has 8 heteroatoms. The number of halogens is 1. The number of hydrogen-bond acceptors (Lipinski definition) is 4. The molecule has 0 aliphatic carbocycles. The van der Waals surface area contributed by atoms with Crippen LogP contribution < -0.4 is 20.7 Å². The van der Waals surface area contributed by atoms with E-state index in [0.717, 1.165) is 29.4 Å². The predicted molar refractivity (Wildman–Crippen MR) is 133 cm³/mol. The van der Waals surface area contributed by atoms with Crippen LogP contribution in [0, 0.1) is 0 Å². The molecule has 0 saturated carbocycles. The van der Waals surface area contributed by atoms with Gasteiger partial charge in [-0.05, 0) is 54.4 Å². The molecule has 1 heterocycles. The highest BCUT2D eigenvalue weighted by molar-refractivity contribution is 14.0. The van der Waals surface area contributed by atoms with Crippen molar-refractivity contribution in [2.75, 3.05) is 19.0 Å². The van der Waals surface area contributed by atoms with Crippen molar-refractivity contribution < 1.29 is 13.9 Å². The van der Waals surface area contributed by atoms with Crippen LogP contribution in [0.25, 0.3) is 0 Å². The summed E-state index contributed by atoms with van der Waals surface area (Å²) in [5.41, 5.74) is 2.88. The van der Waals surface area contributed by atoms with Crippen molar-refractivity contribution in [3.63, 3.8) is 0 Å². The number of guanidine groups is 1. The van der Waals surface area contributed by atoms with Crippen molar-refractivity contribution >= 4 is 41.5 Å². The first-order valence-electron chi connectivity index (χ1n) is 9.77. The van der Waals surface area contributed by atoms with Crippen LogP contribution in [0.1, 0.15) is 28.6 Å². The number of hydrogen-bond donors (Lipinski definition) is 3. The molecule has 31 heavy (non-hydrogen) atoms. The zero-order valence-corrected chi connectivity index (χ0v) is 19.9. The fourth-order valence-corrected chi connectivity index (χ4v) is 2.74. The van der Waals surface area contributed by atoms with Crippen molar-refractivity contribution in [2.24, 2.45) is 4.99 Å². The Morgan fingerprint density at radius 3 is 2.32 bits per heavy atom. The van der Waals surface area contributed by atoms with E-state index in [4.69, 9.17) is 9.15 Å². The molecule has 0 aliphatic rings. The third-order valence-electron chi connectivity index (χ3n) is 4.34. The summed E-state index contributed by atoms with van der Waals surface area (Å²) in [6.07, 6.45) is 1.47. The summed E-state index contributed by atoms with van der Waals surface area (Å²) in [6, 6.07) is 18.8. The number of carbonyl (C=O) groups excluding carboxylic acids is 1. The lowest BCUT2D eigenvalue weighted by Gasteiger charge is -2.12. The first-order valence-corrected chi connectivity index (χ1v) is 9.77. The maximum Gasteiger partial charge on any atom is 0.291 e. The number of amides is 1. The summed E-state index contributed by atoms with van der Waals surface area (Å²) in [7, 11) is 1.65. The van der Waals surface area contributed by atoms with E-state index in [2.05, 4.69) is 20.9 Å². The van der Waals surface area contributed by atoms with Gasteiger partial charge in [0.2, 0.25) is 0 Å². The molecule has 0 fully saturated rings. The van der Waals surface area contributed by atoms with Crippen LogP contribution in [0.5, 0.6) is 5.75 Å². The third-order valence-corrected chi connectivity index (χ3v) is 4.34. The highest BCUT2D eigenvalue weighted by atomic mass is 127. The van der Waals surface area contributed by atoms with Gasteiger partial charge in [-0.25, -0.2) is 4.99 Å². The summed E-state index contributed by atoms with van der Waals surface area (Å²) < 4.78 is 10.3. The molecule has 0 spiro atoms. The molecule has 1 aromatic heterocycles. The Balaban J connectivity index is 0.00000341. The van der Waals surface area contributed by atoms with E-state index in [1.807, 2.05) is 55.5 Å². The molecule has 0 bridgehead atoms. The van der Waals surface area contributed by atoms with Crippen LogP contribution in [-0.2, 0) is 13.1 Å². The number of aliphatic imine (C=N–C) groups is 1. The SMILES string of the molecule is CCNC(=NCc1ccc(OC)cc1)NCc1ccc(NC(=O)c2ccco2)cc1.I. The van der Waals surface area contributed by atoms with Gasteiger partial charge in [-0.3, -0.25) is 4.79 Å². The Morgan fingerprint density at radius 2 is 1.71 bits per heavy atom. The molecule has 0 radical (unpaired) electrons. The molecule has 0 atom stereocenters. The summed E-state index contributed by atoms with van der Waals surface area (Å²) in [5.74, 6) is 1.58. The summed E-state index contributed by atoms with van der Waals surface area (Å²) in [5, 5.41) is 9.37. The average Bonchev–Trinajstić information content (AvgIpc) is 3.32. The van der Waals surface area contributed by atoms with Crippen LogP contribution in [-0.4, -0.2) is 25.5 Å². The minimum Gasteiger partial charge on any atom is -0.497 e. The van der Waals surface area contributed by atoms with E-state index in [1.165, 1.54) is 6.26 Å². The van der Waals surface area contributed by atoms with E-state index in [1.54, 1.807) is 19.2 Å². The Labute approximate surface area is 199 Å². The number of nitrogens with zero attached hydrogens (tertiary/aromatic N) is 1. The summed E-state index contributed by atoms with van der Waals surface area (Å²) in [4.78, 5) is 16.6. The summed E-state index contributed by atoms with van der Waals surface area (Å²) >= 11 is 0. The molecule has 0 saturated heterocycles. The minimum atomic E-state index is -0.272. The fraction of sp³-hybridized carbons (Fsp3) is 0.217. The van der Waals surface area contributed by atoms with Gasteiger partial charge >= 0.3 is 0 Å². The Bertz CT molecular complexity index is 956. The van der Waals surface area contributed by atoms with Gasteiger partial charge in [0.15, 0.2) is 11.7 Å². The van der Waals surface area contributed by atoms with Gasteiger partial charge in [-0.1, -0.05) is 24.3 Å². The normalized spacial score (nSPS) is 10.7. The van der Waals surface area contributed by atoms with E-state index >= 15 is 0 Å². The molecule has 3 N–H and O–H groups in total. The lowest BCUT2D eigenvalue weighted by atomic mass is 10.2. The topological polar surface area (TPSA) is 87.9 Å². The van der Waals surface area contributed by atoms with Crippen LogP contribution in [0.4, 0.5) is 5.69 Å². The van der Waals surface area contributed by atoms with E-state index < -0.39 is 0 Å². The zero-order valence-electron chi connectivity index (χ0n) is 17.6. The van der Waals surface area contributed by atoms with Crippen molar-refractivity contribution in [3.05, 3.63) is 83.8 Å². The maximum absolute atomic E-state index is 12.0. The zero-order chi connectivity index (χ0) is 21.2. The smallest absolute Gasteiger partial charge is 0.291 e. The van der Waals surface area contributed by atoms with Gasteiger partial charge in [0.05, 0.1) is 19.9 Å². The highest BCUT2D eigenvalue weighted by Crippen LogP contribution is 2.13. The fourth-order valence-electron chi connectivity index (χ4n) is 2.74. The predicted octanol–water partition coefficient (Wildman–Crippen LogP) is 4.41. The Morgan fingerprint density at radius 1 is 1.00 bits per heavy atom. The number of rotatable bonds is 8. The van der Waals surface area contributed by atoms with Crippen LogP contribution in [0.15, 0.2) is 76.3 Å². The molecule has 0 aliphatic heterocycles. The van der Waals surface area contributed by atoms with Crippen molar-refractivity contribution in [1.82, 2.24) is 10.6 Å². The molecule has 1 amide bonds. The van der Waals surface area contributed by atoms with Crippen molar-refractivity contribution in [1.29, 1.82) is 0 Å². The van der Waals surface area contributed by atoms with Gasteiger partial charge in [0, 0.05) is 18.8 Å². The minimum absolute atomic E-state index is 0. The first kappa shape index (κ1) is 24.3. The van der Waals surface area contributed by atoms with Gasteiger partial charge in [-0.2, -0.15) is 0 Å². The second-order valence-electron chi connectivity index (χ2n) is 6.53. The van der Waals surface area contributed by atoms with Gasteiger partial charge in [0.25, 0.3) is 5.91 Å². The number of furan rings is 1. The van der Waals surface area contributed by atoms with Crippen molar-refractivity contribution in [3.8, 4) is 5.75 Å². The van der Waals surface area contributed by atoms with Gasteiger partial charge < -0.3 is 25.1 Å². The number of ether oxygens (including phenoxy) is 1. The molecular formula is C23H27IN4O3. The number of nitrogens with one attached hydrogen (secondary N) is 3. The van der Waals surface area contributed by atoms with Gasteiger partial charge in [-0.15, -0.1) is 24.0 Å². The van der Waals surface area contributed by atoms with E-state index in [9.17, 15) is 4.79 Å². The molecule has 164 valence electrons. The number of carbonyl (C=O) groups is 1. The van der Waals surface area contributed by atoms with E-state index in [0.29, 0.717) is 18.8 Å². The first-order chi connectivity index (χ1) is 14.7. The van der Waals surface area contributed by atoms with Crippen LogP contribution >= 0.6 is 24.0 Å². The second-order valence-corrected chi connectivity index (χ2v) is 6.53. The number of anilines is 1. The molecule has 3 rings (SSSR count). The van der Waals surface area contributed by atoms with Crippen LogP contribution in [0.3, 0.4) is 0 Å². The largest absolute Gasteiger partial charge is 0.497 e. The number of methoxy groups -OCH3 is 1. The van der Waals surface area contributed by atoms with E-state index in [-0.39, 0.29) is 35.6 Å². The molecule has 0 unspecified atom stereocenters. The quantitative estimate of drug-likeness (QED) is 0.227. The average molecular weight is 534 g/mol. The summed E-state index contributed by atoms with van der Waals surface area (Å²) in [6.45, 7) is 3.98. The Hall–Kier alpha value is -3.01.